The SMILES string of the molecule is CCC(=O)Nc1cc(C)nn1-c1ccc(C(=O)NCCCN2CCOCC2)cc1. The number of carbonyl (C=O) groups excluding carboxylic acids is 2. The predicted molar refractivity (Wildman–Crippen MR) is 111 cm³/mol. The second kappa shape index (κ2) is 10.2. The van der Waals surface area contributed by atoms with Gasteiger partial charge in [0.15, 0.2) is 0 Å². The fourth-order valence-electron chi connectivity index (χ4n) is 3.20. The van der Waals surface area contributed by atoms with Crippen molar-refractivity contribution < 1.29 is 14.3 Å². The van der Waals surface area contributed by atoms with Crippen molar-refractivity contribution in [2.24, 2.45) is 0 Å². The van der Waals surface area contributed by atoms with Crippen molar-refractivity contribution in [3.8, 4) is 5.69 Å². The molecule has 1 saturated heterocycles. The third-order valence-corrected chi connectivity index (χ3v) is 4.83. The van der Waals surface area contributed by atoms with Gasteiger partial charge in [-0.15, -0.1) is 0 Å². The third-order valence-electron chi connectivity index (χ3n) is 4.83. The normalized spacial score (nSPS) is 14.6. The van der Waals surface area contributed by atoms with Crippen LogP contribution in [-0.4, -0.2) is 65.9 Å². The third kappa shape index (κ3) is 5.88. The summed E-state index contributed by atoms with van der Waals surface area (Å²) in [5.41, 5.74) is 2.19. The summed E-state index contributed by atoms with van der Waals surface area (Å²) < 4.78 is 7.01. The number of anilines is 1. The van der Waals surface area contributed by atoms with Crippen LogP contribution in [0.1, 0.15) is 35.8 Å². The molecule has 1 aromatic carbocycles. The van der Waals surface area contributed by atoms with Crippen molar-refractivity contribution in [3.63, 3.8) is 0 Å². The van der Waals surface area contributed by atoms with E-state index < -0.39 is 0 Å². The van der Waals surface area contributed by atoms with Gasteiger partial charge in [-0.1, -0.05) is 6.92 Å². The summed E-state index contributed by atoms with van der Waals surface area (Å²) in [6.07, 6.45) is 1.31. The topological polar surface area (TPSA) is 88.5 Å². The molecule has 0 saturated carbocycles. The largest absolute Gasteiger partial charge is 0.379 e. The molecule has 3 rings (SSSR count). The summed E-state index contributed by atoms with van der Waals surface area (Å²) in [4.78, 5) is 26.5. The molecule has 156 valence electrons. The lowest BCUT2D eigenvalue weighted by molar-refractivity contribution is -0.115. The number of ether oxygens (including phenoxy) is 1. The van der Waals surface area contributed by atoms with Crippen LogP contribution in [-0.2, 0) is 9.53 Å². The van der Waals surface area contributed by atoms with Crippen LogP contribution in [0.2, 0.25) is 0 Å². The quantitative estimate of drug-likeness (QED) is 0.663. The maximum atomic E-state index is 12.4. The van der Waals surface area contributed by atoms with Crippen molar-refractivity contribution in [2.45, 2.75) is 26.7 Å². The first kappa shape index (κ1) is 21.0. The van der Waals surface area contributed by atoms with Gasteiger partial charge in [0.25, 0.3) is 5.91 Å². The number of hydrogen-bond donors (Lipinski definition) is 2. The monoisotopic (exact) mass is 399 g/mol. The van der Waals surface area contributed by atoms with Crippen molar-refractivity contribution in [1.29, 1.82) is 0 Å². The summed E-state index contributed by atoms with van der Waals surface area (Å²) in [6, 6.07) is 9.03. The predicted octanol–water partition coefficient (Wildman–Crippen LogP) is 1.98. The molecule has 8 nitrogen and oxygen atoms in total. The van der Waals surface area contributed by atoms with Crippen LogP contribution in [0.3, 0.4) is 0 Å². The molecule has 2 heterocycles. The van der Waals surface area contributed by atoms with Gasteiger partial charge in [-0.3, -0.25) is 14.5 Å². The second-order valence-corrected chi connectivity index (χ2v) is 7.09. The van der Waals surface area contributed by atoms with Crippen molar-refractivity contribution in [1.82, 2.24) is 20.0 Å². The highest BCUT2D eigenvalue weighted by atomic mass is 16.5. The van der Waals surface area contributed by atoms with E-state index in [-0.39, 0.29) is 11.8 Å². The Morgan fingerprint density at radius 3 is 2.59 bits per heavy atom. The van der Waals surface area contributed by atoms with Crippen molar-refractivity contribution >= 4 is 17.6 Å². The molecule has 0 radical (unpaired) electrons. The van der Waals surface area contributed by atoms with E-state index in [1.807, 2.05) is 25.1 Å². The molecule has 1 aliphatic heterocycles. The van der Waals surface area contributed by atoms with Gasteiger partial charge in [-0.05, 0) is 44.2 Å². The van der Waals surface area contributed by atoms with Gasteiger partial charge in [0.05, 0.1) is 24.6 Å². The zero-order valence-electron chi connectivity index (χ0n) is 17.1. The van der Waals surface area contributed by atoms with Gasteiger partial charge < -0.3 is 15.4 Å². The summed E-state index contributed by atoms with van der Waals surface area (Å²) >= 11 is 0. The number of benzene rings is 1. The molecule has 0 unspecified atom stereocenters. The van der Waals surface area contributed by atoms with Gasteiger partial charge in [-0.2, -0.15) is 5.10 Å². The van der Waals surface area contributed by atoms with Crippen LogP contribution in [0.25, 0.3) is 5.69 Å². The zero-order chi connectivity index (χ0) is 20.6. The maximum absolute atomic E-state index is 12.4. The lowest BCUT2D eigenvalue weighted by atomic mass is 10.2. The number of carbonyl (C=O) groups is 2. The molecule has 8 heteroatoms. The highest BCUT2D eigenvalue weighted by Crippen LogP contribution is 2.18. The molecule has 2 N–H and O–H groups in total. The molecule has 0 bridgehead atoms. The Hall–Kier alpha value is -2.71. The van der Waals surface area contributed by atoms with E-state index in [2.05, 4.69) is 20.6 Å². The fraction of sp³-hybridized carbons (Fsp3) is 0.476. The van der Waals surface area contributed by atoms with Gasteiger partial charge in [0, 0.05) is 37.7 Å². The Morgan fingerprint density at radius 1 is 1.17 bits per heavy atom. The van der Waals surface area contributed by atoms with Gasteiger partial charge in [-0.25, -0.2) is 4.68 Å². The summed E-state index contributed by atoms with van der Waals surface area (Å²) in [5, 5.41) is 10.3. The summed E-state index contributed by atoms with van der Waals surface area (Å²) in [5.74, 6) is 0.462. The number of aryl methyl sites for hydroxylation is 1. The molecule has 0 spiro atoms. The van der Waals surface area contributed by atoms with Gasteiger partial charge in [0.2, 0.25) is 5.91 Å². The minimum Gasteiger partial charge on any atom is -0.379 e. The highest BCUT2D eigenvalue weighted by Gasteiger charge is 2.12. The highest BCUT2D eigenvalue weighted by molar-refractivity contribution is 5.94. The molecular formula is C21H29N5O3. The lowest BCUT2D eigenvalue weighted by Gasteiger charge is -2.26. The standard InChI is InChI=1S/C21H29N5O3/c1-3-20(27)23-19-15-16(2)24-26(19)18-7-5-17(6-8-18)21(28)22-9-4-10-25-11-13-29-14-12-25/h5-8,15H,3-4,9-14H2,1-2H3,(H,22,28)(H,23,27). The number of aromatic nitrogens is 2. The van der Waals surface area contributed by atoms with E-state index in [4.69, 9.17) is 4.74 Å². The average Bonchev–Trinajstić information content (AvgIpc) is 3.11. The minimum absolute atomic E-state index is 0.0702. The van der Waals surface area contributed by atoms with Crippen LogP contribution >= 0.6 is 0 Å². The summed E-state index contributed by atoms with van der Waals surface area (Å²) in [6.45, 7) is 8.79. The molecule has 0 aliphatic carbocycles. The Labute approximate surface area is 171 Å². The molecule has 2 aromatic rings. The second-order valence-electron chi connectivity index (χ2n) is 7.09. The lowest BCUT2D eigenvalue weighted by Crippen LogP contribution is -2.38. The average molecular weight is 399 g/mol. The van der Waals surface area contributed by atoms with Crippen LogP contribution in [0.5, 0.6) is 0 Å². The number of hydrogen-bond acceptors (Lipinski definition) is 5. The van der Waals surface area contributed by atoms with E-state index in [0.717, 1.165) is 50.7 Å². The van der Waals surface area contributed by atoms with E-state index in [1.54, 1.807) is 23.7 Å². The number of nitrogens with one attached hydrogen (secondary N) is 2. The van der Waals surface area contributed by atoms with E-state index >= 15 is 0 Å². The Balaban J connectivity index is 1.54. The van der Waals surface area contributed by atoms with Crippen molar-refractivity contribution in [2.75, 3.05) is 44.7 Å². The molecule has 29 heavy (non-hydrogen) atoms. The number of nitrogens with zero attached hydrogens (tertiary/aromatic N) is 3. The molecule has 2 amide bonds. The smallest absolute Gasteiger partial charge is 0.251 e. The van der Waals surface area contributed by atoms with Crippen LogP contribution in [0.4, 0.5) is 5.82 Å². The first-order valence-electron chi connectivity index (χ1n) is 10.1. The van der Waals surface area contributed by atoms with Gasteiger partial charge in [0.1, 0.15) is 5.82 Å². The molecular weight excluding hydrogens is 370 g/mol. The molecule has 1 aliphatic rings. The van der Waals surface area contributed by atoms with Crippen LogP contribution < -0.4 is 10.6 Å². The fourth-order valence-corrected chi connectivity index (χ4v) is 3.20. The Morgan fingerprint density at radius 2 is 1.90 bits per heavy atom. The van der Waals surface area contributed by atoms with E-state index in [0.29, 0.717) is 24.3 Å². The minimum atomic E-state index is -0.0883. The number of rotatable bonds is 8. The number of amides is 2. The first-order valence-corrected chi connectivity index (χ1v) is 10.1. The first-order chi connectivity index (χ1) is 14.1. The summed E-state index contributed by atoms with van der Waals surface area (Å²) in [7, 11) is 0. The number of morpholine rings is 1. The van der Waals surface area contributed by atoms with Crippen LogP contribution in [0, 0.1) is 6.92 Å². The van der Waals surface area contributed by atoms with E-state index in [1.165, 1.54) is 0 Å². The maximum Gasteiger partial charge on any atom is 0.251 e. The van der Waals surface area contributed by atoms with Crippen molar-refractivity contribution in [3.05, 3.63) is 41.6 Å². The molecule has 0 atom stereocenters. The van der Waals surface area contributed by atoms with Crippen LogP contribution in [0.15, 0.2) is 30.3 Å². The zero-order valence-corrected chi connectivity index (χ0v) is 17.1. The van der Waals surface area contributed by atoms with Gasteiger partial charge >= 0.3 is 0 Å². The Kier molecular flexibility index (Phi) is 7.37. The Bertz CT molecular complexity index is 825. The molecule has 1 aromatic heterocycles. The molecule has 1 fully saturated rings. The van der Waals surface area contributed by atoms with E-state index in [9.17, 15) is 9.59 Å².